The van der Waals surface area contributed by atoms with Crippen LogP contribution in [0.15, 0.2) is 23.1 Å². The van der Waals surface area contributed by atoms with Gasteiger partial charge in [-0.25, -0.2) is 0 Å². The molecule has 104 valence electrons. The van der Waals surface area contributed by atoms with Crippen molar-refractivity contribution in [1.29, 1.82) is 0 Å². The molecule has 0 aliphatic heterocycles. The fourth-order valence-corrected chi connectivity index (χ4v) is 2.61. The maximum absolute atomic E-state index is 12.2. The van der Waals surface area contributed by atoms with Crippen LogP contribution in [-0.2, 0) is 7.05 Å². The summed E-state index contributed by atoms with van der Waals surface area (Å²) in [4.78, 5) is 25.2. The van der Waals surface area contributed by atoms with Crippen molar-refractivity contribution in [2.45, 2.75) is 31.3 Å². The van der Waals surface area contributed by atoms with Gasteiger partial charge in [-0.15, -0.1) is 0 Å². The summed E-state index contributed by atoms with van der Waals surface area (Å²) >= 11 is 0. The fraction of sp³-hybridized carbons (Fsp3) is 0.571. The van der Waals surface area contributed by atoms with Crippen molar-refractivity contribution in [1.82, 2.24) is 9.47 Å². The molecule has 1 heterocycles. The average Bonchev–Trinajstić information content (AvgIpc) is 2.78. The van der Waals surface area contributed by atoms with Crippen LogP contribution in [0.2, 0.25) is 0 Å². The number of aryl methyl sites for hydroxylation is 1. The minimum Gasteiger partial charge on any atom is -0.388 e. The minimum absolute atomic E-state index is 0.209. The van der Waals surface area contributed by atoms with Crippen LogP contribution < -0.4 is 5.56 Å². The SMILES string of the molecule is CN(CC1(O)CCCC1)C(=O)c1ccn(C)c(=O)c1. The van der Waals surface area contributed by atoms with Crippen LogP contribution in [0.25, 0.3) is 0 Å². The van der Waals surface area contributed by atoms with Gasteiger partial charge in [0.15, 0.2) is 0 Å². The van der Waals surface area contributed by atoms with Crippen LogP contribution in [0.1, 0.15) is 36.0 Å². The van der Waals surface area contributed by atoms with E-state index in [2.05, 4.69) is 0 Å². The van der Waals surface area contributed by atoms with Crippen molar-refractivity contribution >= 4 is 5.91 Å². The molecule has 1 aliphatic carbocycles. The van der Waals surface area contributed by atoms with Gasteiger partial charge in [0.1, 0.15) is 0 Å². The van der Waals surface area contributed by atoms with Gasteiger partial charge >= 0.3 is 0 Å². The van der Waals surface area contributed by atoms with E-state index < -0.39 is 5.60 Å². The Hall–Kier alpha value is -1.62. The summed E-state index contributed by atoms with van der Waals surface area (Å²) < 4.78 is 1.42. The molecule has 5 heteroatoms. The molecular formula is C14H20N2O3. The number of rotatable bonds is 3. The lowest BCUT2D eigenvalue weighted by Crippen LogP contribution is -2.42. The van der Waals surface area contributed by atoms with Crippen molar-refractivity contribution in [3.05, 3.63) is 34.2 Å². The molecule has 0 unspecified atom stereocenters. The van der Waals surface area contributed by atoms with Crippen LogP contribution in [0, 0.1) is 0 Å². The summed E-state index contributed by atoms with van der Waals surface area (Å²) in [6.45, 7) is 0.320. The predicted octanol–water partition coefficient (Wildman–Crippen LogP) is 0.762. The molecule has 19 heavy (non-hydrogen) atoms. The van der Waals surface area contributed by atoms with Crippen molar-refractivity contribution in [2.24, 2.45) is 7.05 Å². The van der Waals surface area contributed by atoms with Gasteiger partial charge < -0.3 is 14.6 Å². The summed E-state index contributed by atoms with van der Waals surface area (Å²) in [5.41, 5.74) is -0.601. The zero-order valence-corrected chi connectivity index (χ0v) is 11.4. The Morgan fingerprint density at radius 1 is 1.47 bits per heavy atom. The van der Waals surface area contributed by atoms with Crippen molar-refractivity contribution in [3.8, 4) is 0 Å². The first kappa shape index (κ1) is 13.8. The summed E-state index contributed by atoms with van der Waals surface area (Å²) in [6, 6.07) is 2.95. The first-order valence-corrected chi connectivity index (χ1v) is 6.56. The van der Waals surface area contributed by atoms with Crippen molar-refractivity contribution < 1.29 is 9.90 Å². The smallest absolute Gasteiger partial charge is 0.253 e. The summed E-state index contributed by atoms with van der Waals surface area (Å²) in [5.74, 6) is -0.224. The maximum Gasteiger partial charge on any atom is 0.253 e. The molecule has 2 rings (SSSR count). The van der Waals surface area contributed by atoms with Gasteiger partial charge in [0.2, 0.25) is 0 Å². The average molecular weight is 264 g/mol. The molecule has 1 aromatic rings. The van der Waals surface area contributed by atoms with E-state index in [0.717, 1.165) is 25.7 Å². The number of aromatic nitrogens is 1. The summed E-state index contributed by atoms with van der Waals surface area (Å²) in [6.07, 6.45) is 5.06. The molecule has 0 aromatic carbocycles. The number of aliphatic hydroxyl groups is 1. The molecule has 5 nitrogen and oxygen atoms in total. The third-order valence-corrected chi connectivity index (χ3v) is 3.76. The number of likely N-dealkylation sites (N-methyl/N-ethyl adjacent to an activating group) is 1. The summed E-state index contributed by atoms with van der Waals surface area (Å²) in [7, 11) is 3.30. The quantitative estimate of drug-likeness (QED) is 0.877. The molecule has 0 atom stereocenters. The molecule has 1 fully saturated rings. The van der Waals surface area contributed by atoms with Gasteiger partial charge in [0.05, 0.1) is 5.60 Å². The normalized spacial score (nSPS) is 17.4. The number of carbonyl (C=O) groups excluding carboxylic acids is 1. The molecule has 1 N–H and O–H groups in total. The van der Waals surface area contributed by atoms with E-state index in [9.17, 15) is 14.7 Å². The Morgan fingerprint density at radius 2 is 2.11 bits per heavy atom. The second-order valence-electron chi connectivity index (χ2n) is 5.46. The van der Waals surface area contributed by atoms with E-state index in [1.54, 1.807) is 26.4 Å². The van der Waals surface area contributed by atoms with Crippen LogP contribution in [0.3, 0.4) is 0 Å². The van der Waals surface area contributed by atoms with Crippen molar-refractivity contribution in [2.75, 3.05) is 13.6 Å². The maximum atomic E-state index is 12.2. The number of carbonyl (C=O) groups is 1. The Labute approximate surface area is 112 Å². The second-order valence-corrected chi connectivity index (χ2v) is 5.46. The standard InChI is InChI=1S/C14H20N2O3/c1-15-8-5-11(9-12(15)17)13(18)16(2)10-14(19)6-3-4-7-14/h5,8-9,19H,3-4,6-7,10H2,1-2H3. The van der Waals surface area contributed by atoms with Crippen LogP contribution in [-0.4, -0.2) is 39.7 Å². The lowest BCUT2D eigenvalue weighted by molar-refractivity contribution is 0.0156. The lowest BCUT2D eigenvalue weighted by Gasteiger charge is -2.28. The number of nitrogens with zero attached hydrogens (tertiary/aromatic N) is 2. The second kappa shape index (κ2) is 5.17. The monoisotopic (exact) mass is 264 g/mol. The van der Waals surface area contributed by atoms with Crippen molar-refractivity contribution in [3.63, 3.8) is 0 Å². The first-order valence-electron chi connectivity index (χ1n) is 6.56. The number of hydrogen-bond acceptors (Lipinski definition) is 3. The largest absolute Gasteiger partial charge is 0.388 e. The van der Waals surface area contributed by atoms with E-state index in [-0.39, 0.29) is 11.5 Å². The number of hydrogen-bond donors (Lipinski definition) is 1. The number of pyridine rings is 1. The van der Waals surface area contributed by atoms with Crippen LogP contribution in [0.5, 0.6) is 0 Å². The lowest BCUT2D eigenvalue weighted by atomic mass is 10.0. The first-order chi connectivity index (χ1) is 8.91. The Morgan fingerprint density at radius 3 is 2.68 bits per heavy atom. The molecule has 0 saturated heterocycles. The van der Waals surface area contributed by atoms with E-state index in [1.165, 1.54) is 15.5 Å². The van der Waals surface area contributed by atoms with Gasteiger partial charge in [-0.05, 0) is 18.9 Å². The Kier molecular flexibility index (Phi) is 3.75. The Bertz CT molecular complexity index is 530. The Balaban J connectivity index is 2.10. The molecule has 1 amide bonds. The molecule has 1 aliphatic rings. The third kappa shape index (κ3) is 3.04. The summed E-state index contributed by atoms with van der Waals surface area (Å²) in [5, 5.41) is 10.3. The molecule has 1 saturated carbocycles. The highest BCUT2D eigenvalue weighted by Gasteiger charge is 2.33. The van der Waals surface area contributed by atoms with Gasteiger partial charge in [-0.1, -0.05) is 12.8 Å². The molecule has 0 bridgehead atoms. The van der Waals surface area contributed by atoms with Gasteiger partial charge in [0.25, 0.3) is 11.5 Å². The van der Waals surface area contributed by atoms with Crippen LogP contribution in [0.4, 0.5) is 0 Å². The zero-order valence-electron chi connectivity index (χ0n) is 11.4. The predicted molar refractivity (Wildman–Crippen MR) is 72.1 cm³/mol. The highest BCUT2D eigenvalue weighted by atomic mass is 16.3. The molecule has 1 aromatic heterocycles. The third-order valence-electron chi connectivity index (χ3n) is 3.76. The highest BCUT2D eigenvalue weighted by Crippen LogP contribution is 2.30. The van der Waals surface area contributed by atoms with Gasteiger partial charge in [0, 0.05) is 38.5 Å². The van der Waals surface area contributed by atoms with Gasteiger partial charge in [-0.2, -0.15) is 0 Å². The zero-order chi connectivity index (χ0) is 14.0. The van der Waals surface area contributed by atoms with E-state index in [0.29, 0.717) is 12.1 Å². The minimum atomic E-state index is -0.760. The van der Waals surface area contributed by atoms with E-state index in [4.69, 9.17) is 0 Å². The molecule has 0 spiro atoms. The highest BCUT2D eigenvalue weighted by molar-refractivity contribution is 5.93. The van der Waals surface area contributed by atoms with Crippen LogP contribution >= 0.6 is 0 Å². The van der Waals surface area contributed by atoms with E-state index >= 15 is 0 Å². The fourth-order valence-electron chi connectivity index (χ4n) is 2.61. The molecular weight excluding hydrogens is 244 g/mol. The topological polar surface area (TPSA) is 62.5 Å². The van der Waals surface area contributed by atoms with E-state index in [1.807, 2.05) is 0 Å². The van der Waals surface area contributed by atoms with Gasteiger partial charge in [-0.3, -0.25) is 9.59 Å². The number of amides is 1. The molecule has 0 radical (unpaired) electrons.